The molecule has 0 saturated heterocycles. The Hall–Kier alpha value is -1.23. The van der Waals surface area contributed by atoms with E-state index in [1.807, 2.05) is 20.8 Å². The van der Waals surface area contributed by atoms with E-state index in [-0.39, 0.29) is 5.41 Å². The van der Waals surface area contributed by atoms with E-state index < -0.39 is 12.1 Å². The van der Waals surface area contributed by atoms with Gasteiger partial charge in [-0.2, -0.15) is 4.39 Å². The molecule has 0 fully saturated rings. The summed E-state index contributed by atoms with van der Waals surface area (Å²) in [5.74, 6) is -0.205. The van der Waals surface area contributed by atoms with Gasteiger partial charge >= 0.3 is 0 Å². The average molecular weight is 213 g/mol. The predicted octanol–water partition coefficient (Wildman–Crippen LogP) is 1.43. The van der Waals surface area contributed by atoms with Gasteiger partial charge in [0.05, 0.1) is 6.10 Å². The standard InChI is InChI=1S/C10H16FN3O/c1-10(2,3)7(15)5-12-9-4-8(11)13-6-14-9/h4,6-7,15H,5H2,1-3H3,(H,12,13,14). The molecule has 4 nitrogen and oxygen atoms in total. The van der Waals surface area contributed by atoms with Crippen molar-refractivity contribution in [2.45, 2.75) is 26.9 Å². The van der Waals surface area contributed by atoms with Crippen LogP contribution in [0, 0.1) is 11.4 Å². The predicted molar refractivity (Wildman–Crippen MR) is 55.9 cm³/mol. The molecule has 0 amide bonds. The molecule has 0 radical (unpaired) electrons. The molecule has 84 valence electrons. The van der Waals surface area contributed by atoms with Gasteiger partial charge in [-0.3, -0.25) is 0 Å². The van der Waals surface area contributed by atoms with E-state index >= 15 is 0 Å². The van der Waals surface area contributed by atoms with E-state index in [0.717, 1.165) is 6.33 Å². The van der Waals surface area contributed by atoms with E-state index in [4.69, 9.17) is 0 Å². The van der Waals surface area contributed by atoms with Crippen LogP contribution in [0.4, 0.5) is 10.2 Å². The lowest BCUT2D eigenvalue weighted by molar-refractivity contribution is 0.0745. The number of aliphatic hydroxyl groups excluding tert-OH is 1. The number of rotatable bonds is 3. The maximum atomic E-state index is 12.7. The molecule has 1 aromatic heterocycles. The van der Waals surface area contributed by atoms with Gasteiger partial charge in [0.15, 0.2) is 0 Å². The number of halogens is 1. The van der Waals surface area contributed by atoms with Crippen LogP contribution >= 0.6 is 0 Å². The number of aromatic nitrogens is 2. The molecule has 1 atom stereocenters. The smallest absolute Gasteiger partial charge is 0.217 e. The number of nitrogens with zero attached hydrogens (tertiary/aromatic N) is 2. The normalized spacial score (nSPS) is 13.7. The fourth-order valence-electron chi connectivity index (χ4n) is 0.938. The molecule has 0 aromatic carbocycles. The zero-order valence-corrected chi connectivity index (χ0v) is 9.16. The lowest BCUT2D eigenvalue weighted by Gasteiger charge is -2.25. The molecule has 0 bridgehead atoms. The van der Waals surface area contributed by atoms with Crippen molar-refractivity contribution in [3.05, 3.63) is 18.3 Å². The molecule has 0 spiro atoms. The van der Waals surface area contributed by atoms with Gasteiger partial charge in [-0.05, 0) is 5.41 Å². The first-order valence-electron chi connectivity index (χ1n) is 4.79. The summed E-state index contributed by atoms with van der Waals surface area (Å²) in [6, 6.07) is 1.19. The van der Waals surface area contributed by atoms with Gasteiger partial charge in [-0.25, -0.2) is 9.97 Å². The second kappa shape index (κ2) is 4.53. The summed E-state index contributed by atoms with van der Waals surface area (Å²) in [6.45, 7) is 6.12. The highest BCUT2D eigenvalue weighted by Crippen LogP contribution is 2.19. The van der Waals surface area contributed by atoms with Crippen LogP contribution in [0.2, 0.25) is 0 Å². The van der Waals surface area contributed by atoms with E-state index in [1.54, 1.807) is 0 Å². The highest BCUT2D eigenvalue weighted by Gasteiger charge is 2.21. The minimum absolute atomic E-state index is 0.210. The van der Waals surface area contributed by atoms with Crippen molar-refractivity contribution in [1.29, 1.82) is 0 Å². The van der Waals surface area contributed by atoms with Crippen molar-refractivity contribution in [1.82, 2.24) is 9.97 Å². The maximum Gasteiger partial charge on any atom is 0.217 e. The van der Waals surface area contributed by atoms with Crippen molar-refractivity contribution in [3.63, 3.8) is 0 Å². The van der Waals surface area contributed by atoms with Gasteiger partial charge in [0.1, 0.15) is 12.1 Å². The number of hydrogen-bond acceptors (Lipinski definition) is 4. The monoisotopic (exact) mass is 213 g/mol. The van der Waals surface area contributed by atoms with Gasteiger partial charge in [0, 0.05) is 12.6 Å². The van der Waals surface area contributed by atoms with Crippen LogP contribution in [0.5, 0.6) is 0 Å². The van der Waals surface area contributed by atoms with Gasteiger partial charge in [0.25, 0.3) is 0 Å². The van der Waals surface area contributed by atoms with E-state index in [0.29, 0.717) is 12.4 Å². The molecule has 0 aliphatic rings. The summed E-state index contributed by atoms with van der Waals surface area (Å²) in [4.78, 5) is 7.16. The van der Waals surface area contributed by atoms with Gasteiger partial charge in [-0.15, -0.1) is 0 Å². The summed E-state index contributed by atoms with van der Waals surface area (Å²) < 4.78 is 12.7. The fourth-order valence-corrected chi connectivity index (χ4v) is 0.938. The molecule has 1 rings (SSSR count). The molecule has 2 N–H and O–H groups in total. The Labute approximate surface area is 88.6 Å². The quantitative estimate of drug-likeness (QED) is 0.746. The first-order valence-corrected chi connectivity index (χ1v) is 4.79. The zero-order valence-electron chi connectivity index (χ0n) is 9.16. The maximum absolute atomic E-state index is 12.7. The number of hydrogen-bond donors (Lipinski definition) is 2. The zero-order chi connectivity index (χ0) is 11.5. The van der Waals surface area contributed by atoms with Crippen LogP contribution in [0.3, 0.4) is 0 Å². The summed E-state index contributed by atoms with van der Waals surface area (Å²) in [7, 11) is 0. The van der Waals surface area contributed by atoms with Crippen LogP contribution in [-0.4, -0.2) is 27.7 Å². The third kappa shape index (κ3) is 3.79. The van der Waals surface area contributed by atoms with Crippen LogP contribution in [-0.2, 0) is 0 Å². The van der Waals surface area contributed by atoms with Gasteiger partial charge < -0.3 is 10.4 Å². The molecule has 5 heteroatoms. The fraction of sp³-hybridized carbons (Fsp3) is 0.600. The lowest BCUT2D eigenvalue weighted by atomic mass is 9.89. The summed E-state index contributed by atoms with van der Waals surface area (Å²) in [5, 5.41) is 12.6. The SMILES string of the molecule is CC(C)(C)C(O)CNc1cc(F)ncn1. The Kier molecular flexibility index (Phi) is 3.57. The average Bonchev–Trinajstić information content (AvgIpc) is 2.12. The molecule has 1 aromatic rings. The topological polar surface area (TPSA) is 58.0 Å². The minimum atomic E-state index is -0.585. The van der Waals surface area contributed by atoms with Crippen molar-refractivity contribution in [3.8, 4) is 0 Å². The van der Waals surface area contributed by atoms with E-state index in [9.17, 15) is 9.50 Å². The van der Waals surface area contributed by atoms with Crippen molar-refractivity contribution < 1.29 is 9.50 Å². The van der Waals surface area contributed by atoms with E-state index in [2.05, 4.69) is 15.3 Å². The van der Waals surface area contributed by atoms with Crippen LogP contribution < -0.4 is 5.32 Å². The van der Waals surface area contributed by atoms with Crippen LogP contribution in [0.1, 0.15) is 20.8 Å². The van der Waals surface area contributed by atoms with Crippen molar-refractivity contribution in [2.24, 2.45) is 5.41 Å². The number of anilines is 1. The van der Waals surface area contributed by atoms with E-state index in [1.165, 1.54) is 6.07 Å². The minimum Gasteiger partial charge on any atom is -0.391 e. The Morgan fingerprint density at radius 3 is 2.67 bits per heavy atom. The highest BCUT2D eigenvalue weighted by molar-refractivity contribution is 5.32. The molecular formula is C10H16FN3O. The largest absolute Gasteiger partial charge is 0.391 e. The number of nitrogens with one attached hydrogen (secondary N) is 1. The third-order valence-electron chi connectivity index (χ3n) is 2.11. The molecule has 0 saturated carbocycles. The molecule has 1 heterocycles. The van der Waals surface area contributed by atoms with Crippen LogP contribution in [0.15, 0.2) is 12.4 Å². The second-order valence-corrected chi connectivity index (χ2v) is 4.49. The molecule has 1 unspecified atom stereocenters. The van der Waals surface area contributed by atoms with Gasteiger partial charge in [0.2, 0.25) is 5.95 Å². The van der Waals surface area contributed by atoms with Crippen molar-refractivity contribution >= 4 is 5.82 Å². The summed E-state index contributed by atoms with van der Waals surface area (Å²) in [5.41, 5.74) is -0.210. The Morgan fingerprint density at radius 1 is 1.47 bits per heavy atom. The van der Waals surface area contributed by atoms with Crippen molar-refractivity contribution in [2.75, 3.05) is 11.9 Å². The Balaban J connectivity index is 2.51. The summed E-state index contributed by atoms with van der Waals surface area (Å²) >= 11 is 0. The number of aliphatic hydroxyl groups is 1. The Morgan fingerprint density at radius 2 is 2.13 bits per heavy atom. The first-order chi connectivity index (χ1) is 6.89. The van der Waals surface area contributed by atoms with Gasteiger partial charge in [-0.1, -0.05) is 20.8 Å². The Bertz CT molecular complexity index is 325. The third-order valence-corrected chi connectivity index (χ3v) is 2.11. The molecule has 0 aliphatic carbocycles. The van der Waals surface area contributed by atoms with Crippen LogP contribution in [0.25, 0.3) is 0 Å². The first kappa shape index (κ1) is 11.8. The molecule has 0 aliphatic heterocycles. The molecule has 15 heavy (non-hydrogen) atoms. The molecular weight excluding hydrogens is 197 g/mol. The summed E-state index contributed by atoms with van der Waals surface area (Å²) in [6.07, 6.45) is 0.622. The second-order valence-electron chi connectivity index (χ2n) is 4.49. The highest BCUT2D eigenvalue weighted by atomic mass is 19.1. The lowest BCUT2D eigenvalue weighted by Crippen LogP contribution is -2.33.